The van der Waals surface area contributed by atoms with Crippen LogP contribution >= 0.6 is 0 Å². The minimum absolute atomic E-state index is 0.386. The second kappa shape index (κ2) is 5.61. The Morgan fingerprint density at radius 2 is 2.00 bits per heavy atom. The average molecular weight is 270 g/mol. The molecule has 0 spiro atoms. The predicted octanol–water partition coefficient (Wildman–Crippen LogP) is 1.99. The average Bonchev–Trinajstić information content (AvgIpc) is 2.40. The SMILES string of the molecule is Cc1ccc(C(N)=O)c(NCc2cccc(N)c2C)n1. The summed E-state index contributed by atoms with van der Waals surface area (Å²) in [5.41, 5.74) is 15.3. The molecule has 0 atom stereocenters. The summed E-state index contributed by atoms with van der Waals surface area (Å²) in [4.78, 5) is 15.7. The number of amides is 1. The summed E-state index contributed by atoms with van der Waals surface area (Å²) >= 11 is 0. The molecule has 1 aromatic heterocycles. The van der Waals surface area contributed by atoms with E-state index in [1.54, 1.807) is 12.1 Å². The Morgan fingerprint density at radius 1 is 1.25 bits per heavy atom. The van der Waals surface area contributed by atoms with E-state index in [1.165, 1.54) is 0 Å². The van der Waals surface area contributed by atoms with Gasteiger partial charge < -0.3 is 16.8 Å². The lowest BCUT2D eigenvalue weighted by atomic mass is 10.1. The molecule has 0 saturated heterocycles. The molecule has 5 nitrogen and oxygen atoms in total. The molecule has 5 heteroatoms. The number of nitrogens with one attached hydrogen (secondary N) is 1. The minimum Gasteiger partial charge on any atom is -0.399 e. The van der Waals surface area contributed by atoms with Crippen LogP contribution in [0.15, 0.2) is 30.3 Å². The quantitative estimate of drug-likeness (QED) is 0.740. The van der Waals surface area contributed by atoms with E-state index in [2.05, 4.69) is 10.3 Å². The van der Waals surface area contributed by atoms with Gasteiger partial charge in [-0.3, -0.25) is 4.79 Å². The number of carbonyl (C=O) groups is 1. The third-order valence-corrected chi connectivity index (χ3v) is 3.23. The van der Waals surface area contributed by atoms with Crippen molar-refractivity contribution in [2.75, 3.05) is 11.1 Å². The molecule has 2 rings (SSSR count). The van der Waals surface area contributed by atoms with Crippen molar-refractivity contribution in [2.24, 2.45) is 5.73 Å². The van der Waals surface area contributed by atoms with Crippen molar-refractivity contribution in [1.29, 1.82) is 0 Å². The molecule has 1 amide bonds. The van der Waals surface area contributed by atoms with Gasteiger partial charge in [0.25, 0.3) is 5.91 Å². The monoisotopic (exact) mass is 270 g/mol. The fourth-order valence-corrected chi connectivity index (χ4v) is 1.96. The number of hydrogen-bond donors (Lipinski definition) is 3. The Balaban J connectivity index is 2.24. The molecule has 2 aromatic rings. The van der Waals surface area contributed by atoms with Crippen LogP contribution in [-0.2, 0) is 6.54 Å². The van der Waals surface area contributed by atoms with Gasteiger partial charge in [-0.15, -0.1) is 0 Å². The van der Waals surface area contributed by atoms with E-state index in [0.717, 1.165) is 22.5 Å². The largest absolute Gasteiger partial charge is 0.399 e. The summed E-state index contributed by atoms with van der Waals surface area (Å²) in [7, 11) is 0. The number of aryl methyl sites for hydroxylation is 1. The van der Waals surface area contributed by atoms with E-state index in [9.17, 15) is 4.79 Å². The van der Waals surface area contributed by atoms with Gasteiger partial charge in [0, 0.05) is 17.9 Å². The predicted molar refractivity (Wildman–Crippen MR) is 80.4 cm³/mol. The van der Waals surface area contributed by atoms with E-state index in [0.29, 0.717) is 17.9 Å². The molecule has 5 N–H and O–H groups in total. The Labute approximate surface area is 118 Å². The Hall–Kier alpha value is -2.56. The first-order valence-electron chi connectivity index (χ1n) is 6.34. The zero-order valence-electron chi connectivity index (χ0n) is 11.6. The standard InChI is InChI=1S/C15H18N4O/c1-9-6-7-12(14(17)20)15(19-9)18-8-11-4-3-5-13(16)10(11)2/h3-7H,8,16H2,1-2H3,(H2,17,20)(H,18,19). The summed E-state index contributed by atoms with van der Waals surface area (Å²) in [6, 6.07) is 9.19. The molecular weight excluding hydrogens is 252 g/mol. The van der Waals surface area contributed by atoms with Gasteiger partial charge in [-0.1, -0.05) is 12.1 Å². The lowest BCUT2D eigenvalue weighted by Gasteiger charge is -2.12. The van der Waals surface area contributed by atoms with Crippen LogP contribution in [0, 0.1) is 13.8 Å². The maximum Gasteiger partial charge on any atom is 0.252 e. The third kappa shape index (κ3) is 2.88. The number of primary amides is 1. The smallest absolute Gasteiger partial charge is 0.252 e. The molecule has 0 aliphatic carbocycles. The summed E-state index contributed by atoms with van der Waals surface area (Å²) < 4.78 is 0. The molecule has 0 aliphatic heterocycles. The first kappa shape index (κ1) is 13.9. The number of nitrogens with two attached hydrogens (primary N) is 2. The number of anilines is 2. The molecule has 104 valence electrons. The summed E-state index contributed by atoms with van der Waals surface area (Å²) in [5, 5.41) is 3.15. The highest BCUT2D eigenvalue weighted by atomic mass is 16.1. The number of benzene rings is 1. The van der Waals surface area contributed by atoms with Crippen molar-refractivity contribution in [3.05, 3.63) is 52.7 Å². The Morgan fingerprint density at radius 3 is 2.70 bits per heavy atom. The highest BCUT2D eigenvalue weighted by molar-refractivity contribution is 5.97. The van der Waals surface area contributed by atoms with Gasteiger partial charge >= 0.3 is 0 Å². The van der Waals surface area contributed by atoms with E-state index < -0.39 is 5.91 Å². The van der Waals surface area contributed by atoms with Crippen LogP contribution in [0.5, 0.6) is 0 Å². The second-order valence-corrected chi connectivity index (χ2v) is 4.70. The van der Waals surface area contributed by atoms with Gasteiger partial charge in [0.05, 0.1) is 5.56 Å². The highest BCUT2D eigenvalue weighted by Gasteiger charge is 2.10. The molecule has 1 heterocycles. The van der Waals surface area contributed by atoms with Crippen molar-refractivity contribution >= 4 is 17.4 Å². The van der Waals surface area contributed by atoms with Gasteiger partial charge in [0.1, 0.15) is 5.82 Å². The number of carbonyl (C=O) groups excluding carboxylic acids is 1. The minimum atomic E-state index is -0.496. The van der Waals surface area contributed by atoms with Crippen molar-refractivity contribution in [3.8, 4) is 0 Å². The number of hydrogen-bond acceptors (Lipinski definition) is 4. The van der Waals surface area contributed by atoms with Gasteiger partial charge in [-0.2, -0.15) is 0 Å². The van der Waals surface area contributed by atoms with Crippen LogP contribution in [0.1, 0.15) is 27.2 Å². The van der Waals surface area contributed by atoms with Gasteiger partial charge in [-0.05, 0) is 43.2 Å². The molecule has 0 unspecified atom stereocenters. The van der Waals surface area contributed by atoms with E-state index in [-0.39, 0.29) is 0 Å². The number of pyridine rings is 1. The van der Waals surface area contributed by atoms with E-state index in [1.807, 2.05) is 32.0 Å². The van der Waals surface area contributed by atoms with Crippen LogP contribution in [-0.4, -0.2) is 10.9 Å². The molecule has 0 bridgehead atoms. The second-order valence-electron chi connectivity index (χ2n) is 4.70. The van der Waals surface area contributed by atoms with Gasteiger partial charge in [0.2, 0.25) is 0 Å². The Kier molecular flexibility index (Phi) is 3.89. The summed E-state index contributed by atoms with van der Waals surface area (Å²) in [6.45, 7) is 4.36. The maximum absolute atomic E-state index is 11.4. The van der Waals surface area contributed by atoms with Crippen molar-refractivity contribution in [3.63, 3.8) is 0 Å². The Bertz CT molecular complexity index is 652. The normalized spacial score (nSPS) is 10.3. The molecule has 0 aliphatic rings. The fourth-order valence-electron chi connectivity index (χ4n) is 1.96. The van der Waals surface area contributed by atoms with E-state index >= 15 is 0 Å². The van der Waals surface area contributed by atoms with Crippen LogP contribution in [0.2, 0.25) is 0 Å². The third-order valence-electron chi connectivity index (χ3n) is 3.23. The van der Waals surface area contributed by atoms with Crippen LogP contribution in [0.4, 0.5) is 11.5 Å². The maximum atomic E-state index is 11.4. The number of aromatic nitrogens is 1. The first-order chi connectivity index (χ1) is 9.49. The van der Waals surface area contributed by atoms with E-state index in [4.69, 9.17) is 11.5 Å². The van der Waals surface area contributed by atoms with Crippen molar-refractivity contribution in [1.82, 2.24) is 4.98 Å². The molecule has 20 heavy (non-hydrogen) atoms. The van der Waals surface area contributed by atoms with Gasteiger partial charge in [0.15, 0.2) is 0 Å². The van der Waals surface area contributed by atoms with Crippen molar-refractivity contribution < 1.29 is 4.79 Å². The molecule has 1 aromatic carbocycles. The van der Waals surface area contributed by atoms with Crippen LogP contribution < -0.4 is 16.8 Å². The number of nitrogen functional groups attached to an aromatic ring is 1. The van der Waals surface area contributed by atoms with Crippen molar-refractivity contribution in [2.45, 2.75) is 20.4 Å². The van der Waals surface area contributed by atoms with Crippen LogP contribution in [0.3, 0.4) is 0 Å². The lowest BCUT2D eigenvalue weighted by molar-refractivity contribution is 0.100. The molecular formula is C15H18N4O. The van der Waals surface area contributed by atoms with Gasteiger partial charge in [-0.25, -0.2) is 4.98 Å². The zero-order chi connectivity index (χ0) is 14.7. The first-order valence-corrected chi connectivity index (χ1v) is 6.34. The lowest BCUT2D eigenvalue weighted by Crippen LogP contribution is -2.16. The molecule has 0 saturated carbocycles. The highest BCUT2D eigenvalue weighted by Crippen LogP contribution is 2.18. The number of rotatable bonds is 4. The summed E-state index contributed by atoms with van der Waals surface area (Å²) in [6.07, 6.45) is 0. The molecule has 0 fully saturated rings. The zero-order valence-corrected chi connectivity index (χ0v) is 11.6. The number of nitrogens with zero attached hydrogens (tertiary/aromatic N) is 1. The summed E-state index contributed by atoms with van der Waals surface area (Å²) in [5.74, 6) is 0.00335. The fraction of sp³-hybridized carbons (Fsp3) is 0.200. The van der Waals surface area contributed by atoms with Crippen LogP contribution in [0.25, 0.3) is 0 Å². The molecule has 0 radical (unpaired) electrons. The topological polar surface area (TPSA) is 94.0 Å².